The molecule has 1 N–H and O–H groups in total. The van der Waals surface area contributed by atoms with E-state index >= 15 is 0 Å². The number of halogens is 3. The van der Waals surface area contributed by atoms with Crippen molar-refractivity contribution in [1.82, 2.24) is 15.2 Å². The molecule has 0 atom stereocenters. The van der Waals surface area contributed by atoms with Crippen LogP contribution < -0.4 is 5.32 Å². The maximum Gasteiger partial charge on any atom is 0.416 e. The average molecular weight is 379 g/mol. The summed E-state index contributed by atoms with van der Waals surface area (Å²) in [5.74, 6) is -0.719. The number of nitrogens with zero attached hydrogens (tertiary/aromatic N) is 2. The number of nitrogens with one attached hydrogen (secondary N) is 1. The van der Waals surface area contributed by atoms with Crippen LogP contribution in [0.2, 0.25) is 0 Å². The second kappa shape index (κ2) is 7.65. The van der Waals surface area contributed by atoms with Gasteiger partial charge >= 0.3 is 12.3 Å². The van der Waals surface area contributed by atoms with Gasteiger partial charge in [-0.25, -0.2) is 4.79 Å². The van der Waals surface area contributed by atoms with Gasteiger partial charge in [-0.05, 0) is 17.7 Å². The fourth-order valence-corrected chi connectivity index (χ4v) is 2.52. The first-order valence-corrected chi connectivity index (χ1v) is 8.12. The van der Waals surface area contributed by atoms with Crippen molar-refractivity contribution < 1.29 is 27.5 Å². The quantitative estimate of drug-likeness (QED) is 0.887. The van der Waals surface area contributed by atoms with E-state index in [-0.39, 0.29) is 31.4 Å². The summed E-state index contributed by atoms with van der Waals surface area (Å²) in [6.07, 6.45) is -4.12. The van der Waals surface area contributed by atoms with Gasteiger partial charge in [-0.15, -0.1) is 0 Å². The van der Waals surface area contributed by atoms with Crippen molar-refractivity contribution in [3.63, 3.8) is 0 Å². The molecule has 2 amide bonds. The molecule has 2 aromatic rings. The molecule has 2 heterocycles. The van der Waals surface area contributed by atoms with Crippen molar-refractivity contribution in [3.8, 4) is 0 Å². The number of pyridine rings is 1. The van der Waals surface area contributed by atoms with Crippen molar-refractivity contribution >= 4 is 12.0 Å². The number of amides is 2. The predicted molar refractivity (Wildman–Crippen MR) is 88.7 cm³/mol. The highest BCUT2D eigenvalue weighted by Crippen LogP contribution is 2.29. The highest BCUT2D eigenvalue weighted by atomic mass is 19.4. The molecular formula is C18H16F3N3O3. The Morgan fingerprint density at radius 3 is 2.56 bits per heavy atom. The van der Waals surface area contributed by atoms with E-state index in [1.165, 1.54) is 4.90 Å². The topological polar surface area (TPSA) is 71.5 Å². The molecule has 0 radical (unpaired) electrons. The lowest BCUT2D eigenvalue weighted by Crippen LogP contribution is -2.61. The largest absolute Gasteiger partial charge is 0.445 e. The molecule has 1 aliphatic rings. The zero-order chi connectivity index (χ0) is 19.4. The van der Waals surface area contributed by atoms with Crippen LogP contribution in [0.25, 0.3) is 0 Å². The van der Waals surface area contributed by atoms with Crippen LogP contribution in [0.1, 0.15) is 21.6 Å². The Kier molecular flexibility index (Phi) is 5.29. The predicted octanol–water partition coefficient (Wildman–Crippen LogP) is 2.85. The van der Waals surface area contributed by atoms with Gasteiger partial charge in [0.2, 0.25) is 0 Å². The Labute approximate surface area is 152 Å². The number of benzene rings is 1. The molecule has 0 bridgehead atoms. The molecule has 3 rings (SSSR count). The summed E-state index contributed by atoms with van der Waals surface area (Å²) in [7, 11) is 0. The zero-order valence-electron chi connectivity index (χ0n) is 14.1. The summed E-state index contributed by atoms with van der Waals surface area (Å²) in [4.78, 5) is 29.0. The normalized spacial score (nSPS) is 14.4. The first-order valence-electron chi connectivity index (χ1n) is 8.12. The Bertz CT molecular complexity index is 821. The molecule has 6 nitrogen and oxygen atoms in total. The Hall–Kier alpha value is -3.10. The Morgan fingerprint density at radius 1 is 1.19 bits per heavy atom. The van der Waals surface area contributed by atoms with E-state index in [2.05, 4.69) is 10.3 Å². The summed E-state index contributed by atoms with van der Waals surface area (Å²) in [5, 5.41) is 2.55. The van der Waals surface area contributed by atoms with E-state index in [9.17, 15) is 22.8 Å². The van der Waals surface area contributed by atoms with Gasteiger partial charge in [0, 0.05) is 19.3 Å². The van der Waals surface area contributed by atoms with Crippen molar-refractivity contribution in [2.24, 2.45) is 0 Å². The SMILES string of the molecule is O=C(NC1CN(C(=O)OCc2ccccc2)C1)c1cc(C(F)(F)F)ccn1. The first-order chi connectivity index (χ1) is 12.8. The summed E-state index contributed by atoms with van der Waals surface area (Å²) in [5.41, 5.74) is -0.413. The number of hydrogen-bond acceptors (Lipinski definition) is 4. The van der Waals surface area contributed by atoms with Crippen molar-refractivity contribution in [3.05, 3.63) is 65.5 Å². The number of carbonyl (C=O) groups is 2. The van der Waals surface area contributed by atoms with Crippen molar-refractivity contribution in [2.75, 3.05) is 13.1 Å². The van der Waals surface area contributed by atoms with Crippen LogP contribution in [0.15, 0.2) is 48.7 Å². The van der Waals surface area contributed by atoms with Gasteiger partial charge < -0.3 is 15.0 Å². The summed E-state index contributed by atoms with van der Waals surface area (Å²) in [6.45, 7) is 0.581. The van der Waals surface area contributed by atoms with Crippen LogP contribution in [-0.4, -0.2) is 41.0 Å². The van der Waals surface area contributed by atoms with Crippen LogP contribution in [0.5, 0.6) is 0 Å². The average Bonchev–Trinajstić information content (AvgIpc) is 2.62. The van der Waals surface area contributed by atoms with Crippen LogP contribution in [0, 0.1) is 0 Å². The van der Waals surface area contributed by atoms with Crippen molar-refractivity contribution in [2.45, 2.75) is 18.8 Å². The maximum atomic E-state index is 12.7. The minimum absolute atomic E-state index is 0.140. The van der Waals surface area contributed by atoms with Gasteiger partial charge in [0.25, 0.3) is 5.91 Å². The fraction of sp³-hybridized carbons (Fsp3) is 0.278. The van der Waals surface area contributed by atoms with Gasteiger partial charge in [-0.3, -0.25) is 9.78 Å². The molecule has 0 spiro atoms. The van der Waals surface area contributed by atoms with E-state index in [0.717, 1.165) is 17.8 Å². The molecule has 142 valence electrons. The second-order valence-electron chi connectivity index (χ2n) is 6.04. The second-order valence-corrected chi connectivity index (χ2v) is 6.04. The first kappa shape index (κ1) is 18.7. The summed E-state index contributed by atoms with van der Waals surface area (Å²) < 4.78 is 43.2. The van der Waals surface area contributed by atoms with Crippen LogP contribution in [-0.2, 0) is 17.5 Å². The number of likely N-dealkylation sites (tertiary alicyclic amines) is 1. The Morgan fingerprint density at radius 2 is 1.89 bits per heavy atom. The molecular weight excluding hydrogens is 363 g/mol. The molecule has 9 heteroatoms. The van der Waals surface area contributed by atoms with E-state index in [1.807, 2.05) is 30.3 Å². The van der Waals surface area contributed by atoms with E-state index in [0.29, 0.717) is 6.07 Å². The number of hydrogen-bond donors (Lipinski definition) is 1. The lowest BCUT2D eigenvalue weighted by Gasteiger charge is -2.38. The number of ether oxygens (including phenoxy) is 1. The molecule has 1 aliphatic heterocycles. The van der Waals surface area contributed by atoms with E-state index in [4.69, 9.17) is 4.74 Å². The van der Waals surface area contributed by atoms with Gasteiger partial charge in [-0.1, -0.05) is 30.3 Å². The smallest absolute Gasteiger partial charge is 0.416 e. The third-order valence-corrected chi connectivity index (χ3v) is 4.00. The molecule has 1 aromatic heterocycles. The third-order valence-electron chi connectivity index (χ3n) is 4.00. The standard InChI is InChI=1S/C18H16F3N3O3/c19-18(20,21)13-6-7-22-15(8-13)16(25)23-14-9-24(10-14)17(26)27-11-12-4-2-1-3-5-12/h1-8,14H,9-11H2,(H,23,25). The molecule has 1 fully saturated rings. The van der Waals surface area contributed by atoms with Crippen molar-refractivity contribution in [1.29, 1.82) is 0 Å². The third kappa shape index (κ3) is 4.75. The molecule has 0 unspecified atom stereocenters. The lowest BCUT2D eigenvalue weighted by atomic mass is 10.1. The molecule has 1 aromatic carbocycles. The minimum Gasteiger partial charge on any atom is -0.445 e. The molecule has 0 aliphatic carbocycles. The van der Waals surface area contributed by atoms with Gasteiger partial charge in [0.1, 0.15) is 12.3 Å². The van der Waals surface area contributed by atoms with Gasteiger partial charge in [0.15, 0.2) is 0 Å². The van der Waals surface area contributed by atoms with Crippen LogP contribution in [0.4, 0.5) is 18.0 Å². The highest BCUT2D eigenvalue weighted by Gasteiger charge is 2.34. The summed E-state index contributed by atoms with van der Waals surface area (Å²) >= 11 is 0. The number of aromatic nitrogens is 1. The van der Waals surface area contributed by atoms with Crippen LogP contribution in [0.3, 0.4) is 0 Å². The number of carbonyl (C=O) groups excluding carboxylic acids is 2. The van der Waals surface area contributed by atoms with E-state index < -0.39 is 23.7 Å². The highest BCUT2D eigenvalue weighted by molar-refractivity contribution is 5.92. The number of alkyl halides is 3. The van der Waals surface area contributed by atoms with E-state index in [1.54, 1.807) is 0 Å². The molecule has 0 saturated carbocycles. The summed E-state index contributed by atoms with van der Waals surface area (Å²) in [6, 6.07) is 10.3. The Balaban J connectivity index is 1.46. The van der Waals surface area contributed by atoms with Gasteiger partial charge in [0.05, 0.1) is 11.6 Å². The van der Waals surface area contributed by atoms with Gasteiger partial charge in [-0.2, -0.15) is 13.2 Å². The maximum absolute atomic E-state index is 12.7. The zero-order valence-corrected chi connectivity index (χ0v) is 14.1. The lowest BCUT2D eigenvalue weighted by molar-refractivity contribution is -0.137. The molecule has 1 saturated heterocycles. The van der Waals surface area contributed by atoms with Crippen LogP contribution >= 0.6 is 0 Å². The molecule has 27 heavy (non-hydrogen) atoms. The fourth-order valence-electron chi connectivity index (χ4n) is 2.52. The minimum atomic E-state index is -4.55. The number of rotatable bonds is 4. The monoisotopic (exact) mass is 379 g/mol.